The van der Waals surface area contributed by atoms with E-state index in [0.717, 1.165) is 59.9 Å². The number of Topliss-reactive ketones (excluding diaryl/α,β-unsaturated/α-hetero) is 1. The number of carbonyl (C=O) groups is 1. The first-order valence-corrected chi connectivity index (χ1v) is 12.0. The van der Waals surface area contributed by atoms with E-state index in [-0.39, 0.29) is 12.6 Å². The first-order valence-electron chi connectivity index (χ1n) is 12.0. The number of rotatable bonds is 6. The molecule has 3 aromatic rings. The van der Waals surface area contributed by atoms with E-state index in [0.29, 0.717) is 6.42 Å². The van der Waals surface area contributed by atoms with E-state index in [9.17, 15) is 4.79 Å². The summed E-state index contributed by atoms with van der Waals surface area (Å²) < 4.78 is 10.9. The molecule has 5 heteroatoms. The molecule has 0 N–H and O–H groups in total. The Morgan fingerprint density at radius 3 is 2.48 bits per heavy atom. The zero-order valence-corrected chi connectivity index (χ0v) is 18.8. The lowest BCUT2D eigenvalue weighted by Crippen LogP contribution is -2.29. The van der Waals surface area contributed by atoms with E-state index in [1.54, 1.807) is 0 Å². The number of pyridine rings is 1. The van der Waals surface area contributed by atoms with Gasteiger partial charge in [-0.15, -0.1) is 0 Å². The van der Waals surface area contributed by atoms with Crippen LogP contribution in [0.15, 0.2) is 60.7 Å². The van der Waals surface area contributed by atoms with Crippen LogP contribution in [0, 0.1) is 0 Å². The second-order valence-corrected chi connectivity index (χ2v) is 9.36. The highest BCUT2D eigenvalue weighted by atomic mass is 16.7. The van der Waals surface area contributed by atoms with Gasteiger partial charge in [-0.05, 0) is 74.1 Å². The number of aromatic nitrogens is 1. The average Bonchev–Trinajstić information content (AvgIpc) is 3.56. The summed E-state index contributed by atoms with van der Waals surface area (Å²) in [5.41, 5.74) is 4.73. The number of nitrogens with zero attached hydrogens (tertiary/aromatic N) is 2. The molecule has 2 fully saturated rings. The van der Waals surface area contributed by atoms with Crippen LogP contribution in [0.1, 0.15) is 43.4 Å². The van der Waals surface area contributed by atoms with Gasteiger partial charge >= 0.3 is 0 Å². The molecule has 0 radical (unpaired) electrons. The van der Waals surface area contributed by atoms with Crippen molar-refractivity contribution < 1.29 is 14.3 Å². The van der Waals surface area contributed by atoms with Gasteiger partial charge in [-0.25, -0.2) is 0 Å². The second kappa shape index (κ2) is 8.22. The van der Waals surface area contributed by atoms with Crippen molar-refractivity contribution >= 4 is 11.5 Å². The Hall–Kier alpha value is -3.34. The highest BCUT2D eigenvalue weighted by Crippen LogP contribution is 2.51. The monoisotopic (exact) mass is 440 g/mol. The fraction of sp³-hybridized carbons (Fsp3) is 0.357. The molecule has 5 nitrogen and oxygen atoms in total. The van der Waals surface area contributed by atoms with Gasteiger partial charge in [-0.3, -0.25) is 9.78 Å². The minimum absolute atomic E-state index is 0.228. The highest BCUT2D eigenvalue weighted by molar-refractivity contribution is 5.94. The lowest BCUT2D eigenvalue weighted by atomic mass is 9.88. The smallest absolute Gasteiger partial charge is 0.231 e. The molecule has 0 spiro atoms. The molecular weight excluding hydrogens is 412 g/mol. The molecule has 1 saturated heterocycles. The average molecular weight is 441 g/mol. The Morgan fingerprint density at radius 2 is 1.70 bits per heavy atom. The highest BCUT2D eigenvalue weighted by Gasteiger charge is 2.51. The van der Waals surface area contributed by atoms with Gasteiger partial charge in [-0.1, -0.05) is 24.3 Å². The van der Waals surface area contributed by atoms with Crippen molar-refractivity contribution in [2.75, 3.05) is 24.8 Å². The van der Waals surface area contributed by atoms with E-state index in [4.69, 9.17) is 14.5 Å². The van der Waals surface area contributed by atoms with Crippen molar-refractivity contribution in [2.45, 2.75) is 43.9 Å². The predicted octanol–water partition coefficient (Wildman–Crippen LogP) is 5.31. The van der Waals surface area contributed by atoms with Gasteiger partial charge in [0.1, 0.15) is 5.78 Å². The number of ketones is 1. The number of anilines is 1. The predicted molar refractivity (Wildman–Crippen MR) is 128 cm³/mol. The molecule has 3 aliphatic rings. The van der Waals surface area contributed by atoms with Gasteiger partial charge in [0.2, 0.25) is 6.79 Å². The van der Waals surface area contributed by atoms with Crippen LogP contribution in [-0.2, 0) is 16.6 Å². The normalized spacial score (nSPS) is 18.2. The van der Waals surface area contributed by atoms with Crippen LogP contribution < -0.4 is 14.4 Å². The quantitative estimate of drug-likeness (QED) is 0.520. The van der Waals surface area contributed by atoms with Crippen molar-refractivity contribution in [3.8, 4) is 22.8 Å². The van der Waals surface area contributed by atoms with E-state index in [2.05, 4.69) is 29.2 Å². The summed E-state index contributed by atoms with van der Waals surface area (Å²) in [6.07, 6.45) is 5.97. The summed E-state index contributed by atoms with van der Waals surface area (Å²) in [6.45, 7) is 2.52. The third-order valence-corrected chi connectivity index (χ3v) is 7.24. The SMILES string of the molecule is O=C(Cc1cccc(-c2ccc(N3CCCCC3)cc2)n1)C1(c2ccc3c(c2)OCO3)CC1. The number of ether oxygens (including phenoxy) is 2. The Labute approximate surface area is 194 Å². The van der Waals surface area contributed by atoms with Crippen molar-refractivity contribution in [3.63, 3.8) is 0 Å². The first kappa shape index (κ1) is 20.3. The van der Waals surface area contributed by atoms with Crippen LogP contribution in [0.25, 0.3) is 11.3 Å². The van der Waals surface area contributed by atoms with Gasteiger partial charge in [-0.2, -0.15) is 0 Å². The summed E-state index contributed by atoms with van der Waals surface area (Å²) in [7, 11) is 0. The number of fused-ring (bicyclic) bond motifs is 1. The minimum Gasteiger partial charge on any atom is -0.454 e. The summed E-state index contributed by atoms with van der Waals surface area (Å²) in [5, 5.41) is 0. The molecule has 0 amide bonds. The van der Waals surface area contributed by atoms with Crippen molar-refractivity contribution in [2.24, 2.45) is 0 Å². The van der Waals surface area contributed by atoms with Crippen LogP contribution in [0.4, 0.5) is 5.69 Å². The lowest BCUT2D eigenvalue weighted by molar-refractivity contribution is -0.120. The van der Waals surface area contributed by atoms with Gasteiger partial charge < -0.3 is 14.4 Å². The summed E-state index contributed by atoms with van der Waals surface area (Å²) in [6, 6.07) is 20.6. The zero-order chi connectivity index (χ0) is 22.3. The standard InChI is InChI=1S/C28H28N2O3/c31-27(28(13-14-28)21-9-12-25-26(17-21)33-19-32-25)18-22-5-4-6-24(29-22)20-7-10-23(11-8-20)30-15-2-1-3-16-30/h4-12,17H,1-3,13-16,18-19H2. The number of carbonyl (C=O) groups excluding carboxylic acids is 1. The van der Waals surface area contributed by atoms with Gasteiger partial charge in [0, 0.05) is 36.5 Å². The fourth-order valence-electron chi connectivity index (χ4n) is 5.12. The number of piperidine rings is 1. The summed E-state index contributed by atoms with van der Waals surface area (Å²) in [4.78, 5) is 20.6. The van der Waals surface area contributed by atoms with Gasteiger partial charge in [0.25, 0.3) is 0 Å². The third kappa shape index (κ3) is 3.86. The Kier molecular flexibility index (Phi) is 5.05. The number of hydrogen-bond donors (Lipinski definition) is 0. The van der Waals surface area contributed by atoms with Crippen LogP contribution in [-0.4, -0.2) is 30.6 Å². The summed E-state index contributed by atoms with van der Waals surface area (Å²) >= 11 is 0. The van der Waals surface area contributed by atoms with Crippen molar-refractivity contribution in [3.05, 3.63) is 71.9 Å². The third-order valence-electron chi connectivity index (χ3n) is 7.24. The largest absolute Gasteiger partial charge is 0.454 e. The molecule has 0 atom stereocenters. The van der Waals surface area contributed by atoms with Crippen molar-refractivity contribution in [1.29, 1.82) is 0 Å². The summed E-state index contributed by atoms with van der Waals surface area (Å²) in [5.74, 6) is 1.72. The van der Waals surface area contributed by atoms with E-state index in [1.807, 2.05) is 36.4 Å². The van der Waals surface area contributed by atoms with Gasteiger partial charge in [0.15, 0.2) is 11.5 Å². The molecule has 0 unspecified atom stereocenters. The molecule has 0 bridgehead atoms. The van der Waals surface area contributed by atoms with Crippen LogP contribution in [0.5, 0.6) is 11.5 Å². The maximum Gasteiger partial charge on any atom is 0.231 e. The molecule has 1 saturated carbocycles. The Morgan fingerprint density at radius 1 is 0.909 bits per heavy atom. The molecule has 2 aromatic carbocycles. The molecule has 33 heavy (non-hydrogen) atoms. The molecule has 1 aliphatic carbocycles. The maximum absolute atomic E-state index is 13.3. The fourth-order valence-corrected chi connectivity index (χ4v) is 5.12. The van der Waals surface area contributed by atoms with E-state index >= 15 is 0 Å². The maximum atomic E-state index is 13.3. The molecule has 2 aliphatic heterocycles. The Balaban J connectivity index is 1.18. The van der Waals surface area contributed by atoms with Crippen LogP contribution in [0.2, 0.25) is 0 Å². The second-order valence-electron chi connectivity index (χ2n) is 9.36. The van der Waals surface area contributed by atoms with E-state index in [1.165, 1.54) is 24.9 Å². The topological polar surface area (TPSA) is 51.7 Å². The molecule has 168 valence electrons. The van der Waals surface area contributed by atoms with Crippen LogP contribution >= 0.6 is 0 Å². The minimum atomic E-state index is -0.408. The van der Waals surface area contributed by atoms with Crippen LogP contribution in [0.3, 0.4) is 0 Å². The zero-order valence-electron chi connectivity index (χ0n) is 18.8. The first-order chi connectivity index (χ1) is 16.2. The molecular formula is C28H28N2O3. The molecule has 1 aromatic heterocycles. The molecule has 3 heterocycles. The van der Waals surface area contributed by atoms with Gasteiger partial charge in [0.05, 0.1) is 11.1 Å². The molecule has 6 rings (SSSR count). The number of hydrogen-bond acceptors (Lipinski definition) is 5. The number of benzene rings is 2. The lowest BCUT2D eigenvalue weighted by Gasteiger charge is -2.28. The van der Waals surface area contributed by atoms with Crippen molar-refractivity contribution in [1.82, 2.24) is 4.98 Å². The van der Waals surface area contributed by atoms with E-state index < -0.39 is 5.41 Å². The Bertz CT molecular complexity index is 1180.